The van der Waals surface area contributed by atoms with E-state index in [2.05, 4.69) is 76.0 Å². The Morgan fingerprint density at radius 1 is 0.806 bits per heavy atom. The third-order valence-electron chi connectivity index (χ3n) is 5.27. The van der Waals surface area contributed by atoms with Crippen molar-refractivity contribution in [3.63, 3.8) is 0 Å². The van der Waals surface area contributed by atoms with Gasteiger partial charge in [0.1, 0.15) is 5.75 Å². The SMILES string of the molecule is CC(C)(C)c1cc(C(C)(C)c2ccccc2)cc(C=Nc2ccccc2)c1O.[Cl][Ti][Cl]. The van der Waals surface area contributed by atoms with Gasteiger partial charge in [0.15, 0.2) is 0 Å². The molecule has 0 amide bonds. The molecule has 31 heavy (non-hydrogen) atoms. The van der Waals surface area contributed by atoms with Gasteiger partial charge in [0, 0.05) is 22.8 Å². The van der Waals surface area contributed by atoms with Crippen LogP contribution in [0.15, 0.2) is 77.8 Å². The molecule has 0 atom stereocenters. The number of hydrogen-bond donors (Lipinski definition) is 1. The van der Waals surface area contributed by atoms with Crippen molar-refractivity contribution in [3.05, 3.63) is 95.1 Å². The van der Waals surface area contributed by atoms with Crippen molar-refractivity contribution in [2.75, 3.05) is 0 Å². The van der Waals surface area contributed by atoms with Crippen molar-refractivity contribution in [1.82, 2.24) is 0 Å². The van der Waals surface area contributed by atoms with E-state index < -0.39 is 17.0 Å². The molecule has 0 aliphatic heterocycles. The standard InChI is InChI=1S/C26H29NO.2ClH.Ti/c1-25(2,3)23-17-21(26(4,5)20-12-8-6-9-13-20)16-19(24(23)28)18-27-22-14-10-7-11-15-22;;;/h6-18,28H,1-5H3;2*1H;/q;;;+2/p-2. The van der Waals surface area contributed by atoms with Gasteiger partial charge in [0.25, 0.3) is 0 Å². The van der Waals surface area contributed by atoms with Crippen LogP contribution in [0.5, 0.6) is 5.75 Å². The van der Waals surface area contributed by atoms with E-state index in [1.807, 2.05) is 36.4 Å². The maximum absolute atomic E-state index is 11.0. The van der Waals surface area contributed by atoms with E-state index in [0.29, 0.717) is 5.75 Å². The van der Waals surface area contributed by atoms with Gasteiger partial charge in [-0.25, -0.2) is 0 Å². The zero-order chi connectivity index (χ0) is 23.1. The fraction of sp³-hybridized carbons (Fsp3) is 0.269. The van der Waals surface area contributed by atoms with Crippen LogP contribution in [0, 0.1) is 0 Å². The monoisotopic (exact) mass is 489 g/mol. The van der Waals surface area contributed by atoms with Crippen molar-refractivity contribution in [2.24, 2.45) is 4.99 Å². The topological polar surface area (TPSA) is 32.6 Å². The molecule has 5 heteroatoms. The maximum atomic E-state index is 11.0. The predicted octanol–water partition coefficient (Wildman–Crippen LogP) is 8.14. The summed E-state index contributed by atoms with van der Waals surface area (Å²) >= 11 is -0.556. The fourth-order valence-electron chi connectivity index (χ4n) is 3.37. The average Bonchev–Trinajstić information content (AvgIpc) is 2.74. The molecule has 0 saturated carbocycles. The van der Waals surface area contributed by atoms with Gasteiger partial charge >= 0.3 is 35.6 Å². The van der Waals surface area contributed by atoms with Crippen LogP contribution in [0.4, 0.5) is 5.69 Å². The normalized spacial score (nSPS) is 11.7. The number of para-hydroxylation sites is 1. The molecule has 0 fully saturated rings. The van der Waals surface area contributed by atoms with Crippen LogP contribution >= 0.6 is 18.6 Å². The summed E-state index contributed by atoms with van der Waals surface area (Å²) in [6.07, 6.45) is 1.77. The van der Waals surface area contributed by atoms with Crippen molar-refractivity contribution < 1.29 is 22.1 Å². The van der Waals surface area contributed by atoms with Gasteiger partial charge in [-0.2, -0.15) is 0 Å². The van der Waals surface area contributed by atoms with Gasteiger partial charge in [-0.1, -0.05) is 89.2 Å². The van der Waals surface area contributed by atoms with Crippen LogP contribution in [0.2, 0.25) is 0 Å². The molecule has 0 saturated heterocycles. The van der Waals surface area contributed by atoms with Gasteiger partial charge in [-0.3, -0.25) is 4.99 Å². The molecule has 2 nitrogen and oxygen atoms in total. The molecular formula is C26H29Cl2NOTi. The number of benzene rings is 3. The second-order valence-electron chi connectivity index (χ2n) is 8.87. The summed E-state index contributed by atoms with van der Waals surface area (Å²) in [5, 5.41) is 11.0. The van der Waals surface area contributed by atoms with Crippen LogP contribution < -0.4 is 0 Å². The Morgan fingerprint density at radius 2 is 1.32 bits per heavy atom. The molecule has 3 aromatic carbocycles. The van der Waals surface area contributed by atoms with Gasteiger partial charge < -0.3 is 5.11 Å². The Kier molecular flexibility index (Phi) is 9.39. The number of halogens is 2. The number of phenols is 1. The Balaban J connectivity index is 0.00000107. The number of phenolic OH excluding ortho intramolecular Hbond substituents is 1. The molecular weight excluding hydrogens is 461 g/mol. The van der Waals surface area contributed by atoms with Crippen molar-refractivity contribution in [2.45, 2.75) is 45.4 Å². The van der Waals surface area contributed by atoms with Gasteiger partial charge in [-0.05, 0) is 34.7 Å². The summed E-state index contributed by atoms with van der Waals surface area (Å²) in [7, 11) is 9.78. The van der Waals surface area contributed by atoms with Crippen molar-refractivity contribution in [3.8, 4) is 5.75 Å². The molecule has 0 aliphatic rings. The van der Waals surface area contributed by atoms with E-state index in [0.717, 1.165) is 22.4 Å². The van der Waals surface area contributed by atoms with Gasteiger partial charge in [0.2, 0.25) is 0 Å². The summed E-state index contributed by atoms with van der Waals surface area (Å²) in [4.78, 5) is 4.57. The number of rotatable bonds is 4. The second-order valence-corrected chi connectivity index (χ2v) is 11.4. The summed E-state index contributed by atoms with van der Waals surface area (Å²) in [5.74, 6) is 0.305. The summed E-state index contributed by atoms with van der Waals surface area (Å²) in [6, 6.07) is 24.5. The quantitative estimate of drug-likeness (QED) is 0.291. The molecule has 3 aromatic rings. The van der Waals surface area contributed by atoms with E-state index in [1.165, 1.54) is 5.56 Å². The average molecular weight is 490 g/mol. The first kappa shape index (κ1) is 25.7. The second kappa shape index (κ2) is 11.3. The van der Waals surface area contributed by atoms with Gasteiger partial charge in [0.05, 0.1) is 5.69 Å². The van der Waals surface area contributed by atoms with E-state index in [4.69, 9.17) is 18.6 Å². The molecule has 0 heterocycles. The minimum absolute atomic E-state index is 0.178. The van der Waals surface area contributed by atoms with Crippen molar-refractivity contribution >= 4 is 30.5 Å². The zero-order valence-electron chi connectivity index (χ0n) is 18.7. The third kappa shape index (κ3) is 6.95. The van der Waals surface area contributed by atoms with Crippen LogP contribution in [0.1, 0.15) is 56.9 Å². The van der Waals surface area contributed by atoms with Crippen molar-refractivity contribution in [1.29, 1.82) is 0 Å². The van der Waals surface area contributed by atoms with Gasteiger partial charge in [-0.15, -0.1) is 0 Å². The predicted molar refractivity (Wildman–Crippen MR) is 131 cm³/mol. The number of nitrogens with zero attached hydrogens (tertiary/aromatic N) is 1. The van der Waals surface area contributed by atoms with E-state index in [1.54, 1.807) is 6.21 Å². The summed E-state index contributed by atoms with van der Waals surface area (Å²) in [5.41, 5.74) is 4.58. The Morgan fingerprint density at radius 3 is 1.84 bits per heavy atom. The van der Waals surface area contributed by atoms with E-state index >= 15 is 0 Å². The zero-order valence-corrected chi connectivity index (χ0v) is 21.7. The molecule has 162 valence electrons. The van der Waals surface area contributed by atoms with Crippen LogP contribution in [-0.2, 0) is 27.9 Å². The molecule has 0 spiro atoms. The number of aromatic hydroxyl groups is 1. The Bertz CT molecular complexity index is 997. The summed E-state index contributed by atoms with van der Waals surface area (Å²) < 4.78 is 0. The molecule has 0 unspecified atom stereocenters. The van der Waals surface area contributed by atoms with E-state index in [-0.39, 0.29) is 10.8 Å². The van der Waals surface area contributed by atoms with E-state index in [9.17, 15) is 5.11 Å². The Labute approximate surface area is 203 Å². The molecule has 1 N–H and O–H groups in total. The molecule has 0 radical (unpaired) electrons. The van der Waals surface area contributed by atoms with Crippen LogP contribution in [0.3, 0.4) is 0 Å². The molecule has 3 rings (SSSR count). The fourth-order valence-corrected chi connectivity index (χ4v) is 3.37. The minimum atomic E-state index is -0.556. The number of aliphatic imine (C=N–C) groups is 1. The molecule has 0 aromatic heterocycles. The molecule has 0 aliphatic carbocycles. The first-order valence-corrected chi connectivity index (χ1v) is 14.4. The Hall–Kier alpha value is -1.58. The first-order chi connectivity index (χ1) is 14.6. The molecule has 0 bridgehead atoms. The van der Waals surface area contributed by atoms with Crippen LogP contribution in [-0.4, -0.2) is 11.3 Å². The first-order valence-electron chi connectivity index (χ1n) is 10.1. The summed E-state index contributed by atoms with van der Waals surface area (Å²) in [6.45, 7) is 10.8. The van der Waals surface area contributed by atoms with Crippen LogP contribution in [0.25, 0.3) is 0 Å². The third-order valence-corrected chi connectivity index (χ3v) is 5.27. The number of hydrogen-bond acceptors (Lipinski definition) is 2.